The zero-order chi connectivity index (χ0) is 62.9. The number of unbranched alkanes of at least 4 members (excludes halogenated alkanes) is 4. The first-order valence-corrected chi connectivity index (χ1v) is 29.2. The molecule has 1 aliphatic heterocycles. The first-order valence-electron chi connectivity index (χ1n) is 29.2. The van der Waals surface area contributed by atoms with E-state index in [1.54, 1.807) is 44.2 Å². The highest BCUT2D eigenvalue weighted by Crippen LogP contribution is 2.12. The van der Waals surface area contributed by atoms with Gasteiger partial charge in [-0.2, -0.15) is 0 Å². The zero-order valence-electron chi connectivity index (χ0n) is 49.3. The average molecular weight is 1190 g/mol. The van der Waals surface area contributed by atoms with Crippen LogP contribution in [-0.4, -0.2) is 187 Å². The van der Waals surface area contributed by atoms with Gasteiger partial charge in [0.1, 0.15) is 60.4 Å². The van der Waals surface area contributed by atoms with Gasteiger partial charge >= 0.3 is 0 Å². The molecule has 23 N–H and O–H groups in total. The third kappa shape index (κ3) is 26.4. The van der Waals surface area contributed by atoms with E-state index in [1.165, 1.54) is 13.8 Å². The van der Waals surface area contributed by atoms with Crippen LogP contribution in [0.4, 0.5) is 0 Å². The van der Waals surface area contributed by atoms with Gasteiger partial charge in [0.2, 0.25) is 65.0 Å². The SMILES string of the molecule is CCCCCCCC(=O)N[C@@H](CCN)C(=O)N[C@H](C(=O)N[C@@H](CCN)C(=O)N[C@H]1CCNC(=O)[C@H]([C@@H](C)O)NC(=O)[C@H](CCN)NC(=O)[C@H](CCN)NC(=O)[C@H](CC(C)C)NC(=O)[C@H](Cc2ccccc2)NC(=O)[C@H](CCN)NC1=O)[C@@H](C)O. The molecule has 1 aromatic carbocycles. The van der Waals surface area contributed by atoms with Crippen molar-refractivity contribution in [1.82, 2.24) is 58.5 Å². The normalized spacial score (nSPS) is 22.6. The number of hydrogen-bond acceptors (Lipinski definition) is 18. The summed E-state index contributed by atoms with van der Waals surface area (Å²) in [6.45, 7) is 6.87. The van der Waals surface area contributed by atoms with Gasteiger partial charge < -0.3 is 97.4 Å². The average Bonchev–Trinajstić information content (AvgIpc) is 3.44. The number of benzene rings is 1. The number of aliphatic hydroxyl groups excluding tert-OH is 2. The fourth-order valence-corrected chi connectivity index (χ4v) is 9.03. The molecule has 84 heavy (non-hydrogen) atoms. The van der Waals surface area contributed by atoms with Crippen molar-refractivity contribution in [1.29, 1.82) is 0 Å². The Morgan fingerprint density at radius 2 is 1.05 bits per heavy atom. The summed E-state index contributed by atoms with van der Waals surface area (Å²) in [5.74, 6) is -9.94. The molecule has 0 spiro atoms. The maximum atomic E-state index is 14.5. The lowest BCUT2D eigenvalue weighted by Crippen LogP contribution is -2.62. The van der Waals surface area contributed by atoms with Crippen LogP contribution in [0.1, 0.15) is 124 Å². The van der Waals surface area contributed by atoms with E-state index in [9.17, 15) is 63.0 Å². The van der Waals surface area contributed by atoms with E-state index < -0.39 is 151 Å². The van der Waals surface area contributed by atoms with Crippen molar-refractivity contribution in [3.8, 4) is 0 Å². The molecular weight excluding hydrogens is 1090 g/mol. The Bertz CT molecular complexity index is 2280. The topological polar surface area (TPSA) is 491 Å². The van der Waals surface area contributed by atoms with Crippen LogP contribution in [0.25, 0.3) is 0 Å². The van der Waals surface area contributed by atoms with Gasteiger partial charge in [0.15, 0.2) is 0 Å². The molecule has 29 nitrogen and oxygen atoms in total. The Hall–Kier alpha value is -6.89. The predicted molar refractivity (Wildman–Crippen MR) is 312 cm³/mol. The molecule has 0 radical (unpaired) electrons. The van der Waals surface area contributed by atoms with Crippen molar-refractivity contribution in [3.05, 3.63) is 35.9 Å². The van der Waals surface area contributed by atoms with E-state index in [0.717, 1.165) is 25.7 Å². The molecule has 0 bridgehead atoms. The molecule has 0 aliphatic carbocycles. The Balaban J connectivity index is 2.68. The molecule has 11 amide bonds. The second-order valence-corrected chi connectivity index (χ2v) is 21.5. The largest absolute Gasteiger partial charge is 0.391 e. The summed E-state index contributed by atoms with van der Waals surface area (Å²) < 4.78 is 0. The van der Waals surface area contributed by atoms with Crippen LogP contribution in [0.15, 0.2) is 30.3 Å². The number of nitrogens with one attached hydrogen (secondary N) is 11. The molecule has 1 aromatic rings. The van der Waals surface area contributed by atoms with Crippen LogP contribution in [0.3, 0.4) is 0 Å². The molecule has 0 saturated carbocycles. The van der Waals surface area contributed by atoms with Gasteiger partial charge in [-0.05, 0) is 109 Å². The van der Waals surface area contributed by atoms with Crippen molar-refractivity contribution in [2.24, 2.45) is 34.6 Å². The molecule has 0 unspecified atom stereocenters. The van der Waals surface area contributed by atoms with Crippen molar-refractivity contribution in [3.63, 3.8) is 0 Å². The standard InChI is InChI=1S/C55H96N16O13/c1-6-7-8-9-13-16-43(74)62-35(17-23-56)50(79)71-45(33(5)73)55(84)67-38(20-26-59)47(76)66-40-22-28-61-54(83)44(32(4)72)70-51(80)39(21-27-60)64-46(75)36(18-24-57)65-52(81)41(29-31(2)3)68-53(82)42(30-34-14-11-10-12-15-34)69-48(77)37(19-25-58)63-49(40)78/h10-12,14-15,31-33,35-42,44-45,72-73H,6-9,13,16-30,56-60H2,1-5H3,(H,61,83)(H,62,74)(H,63,78)(H,64,75)(H,65,81)(H,66,76)(H,67,84)(H,68,82)(H,69,77)(H,70,80)(H,71,79)/t32-,33-,35+,36+,37+,38+,39+,40+,41+,42+,44+,45+/m1/s1. The van der Waals surface area contributed by atoms with Crippen molar-refractivity contribution >= 4 is 65.0 Å². The van der Waals surface area contributed by atoms with Crippen LogP contribution >= 0.6 is 0 Å². The number of carbonyl (C=O) groups is 11. The maximum absolute atomic E-state index is 14.5. The van der Waals surface area contributed by atoms with E-state index in [0.29, 0.717) is 12.0 Å². The van der Waals surface area contributed by atoms with Crippen LogP contribution < -0.4 is 87.2 Å². The smallest absolute Gasteiger partial charge is 0.245 e. The Morgan fingerprint density at radius 3 is 1.56 bits per heavy atom. The minimum absolute atomic E-state index is 0.0143. The van der Waals surface area contributed by atoms with Crippen molar-refractivity contribution in [2.45, 2.75) is 197 Å². The fraction of sp³-hybridized carbons (Fsp3) is 0.691. The fourth-order valence-electron chi connectivity index (χ4n) is 9.03. The Labute approximate surface area is 491 Å². The number of carbonyl (C=O) groups excluding carboxylic acids is 11. The molecular formula is C55H96N16O13. The Morgan fingerprint density at radius 1 is 0.560 bits per heavy atom. The predicted octanol–water partition coefficient (Wildman–Crippen LogP) is -5.49. The van der Waals surface area contributed by atoms with Crippen molar-refractivity contribution < 1.29 is 63.0 Å². The molecule has 1 saturated heterocycles. The van der Waals surface area contributed by atoms with E-state index in [2.05, 4.69) is 65.4 Å². The van der Waals surface area contributed by atoms with E-state index in [-0.39, 0.29) is 90.0 Å². The molecule has 29 heteroatoms. The second-order valence-electron chi connectivity index (χ2n) is 21.5. The van der Waals surface area contributed by atoms with Gasteiger partial charge in [-0.3, -0.25) is 52.7 Å². The number of amides is 11. The van der Waals surface area contributed by atoms with E-state index in [4.69, 9.17) is 28.7 Å². The van der Waals surface area contributed by atoms with Crippen LogP contribution in [0.5, 0.6) is 0 Å². The third-order valence-corrected chi connectivity index (χ3v) is 13.7. The first kappa shape index (κ1) is 73.2. The van der Waals surface area contributed by atoms with E-state index >= 15 is 0 Å². The quantitative estimate of drug-likeness (QED) is 0.0333. The second kappa shape index (κ2) is 39.6. The van der Waals surface area contributed by atoms with Gasteiger partial charge in [-0.25, -0.2) is 0 Å². The van der Waals surface area contributed by atoms with Gasteiger partial charge in [-0.15, -0.1) is 0 Å². The number of rotatable bonds is 29. The first-order chi connectivity index (χ1) is 39.9. The molecule has 0 aromatic heterocycles. The number of aliphatic hydroxyl groups is 2. The monoisotopic (exact) mass is 1190 g/mol. The summed E-state index contributed by atoms with van der Waals surface area (Å²) in [4.78, 5) is 154. The third-order valence-electron chi connectivity index (χ3n) is 13.7. The van der Waals surface area contributed by atoms with Gasteiger partial charge in [0.05, 0.1) is 12.2 Å². The van der Waals surface area contributed by atoms with Gasteiger partial charge in [-0.1, -0.05) is 76.8 Å². The maximum Gasteiger partial charge on any atom is 0.245 e. The van der Waals surface area contributed by atoms with Gasteiger partial charge in [0.25, 0.3) is 0 Å². The van der Waals surface area contributed by atoms with Crippen LogP contribution in [0.2, 0.25) is 0 Å². The lowest BCUT2D eigenvalue weighted by molar-refractivity contribution is -0.137. The summed E-state index contributed by atoms with van der Waals surface area (Å²) in [6, 6.07) is -6.22. The minimum atomic E-state index is -1.70. The molecule has 2 rings (SSSR count). The van der Waals surface area contributed by atoms with Crippen LogP contribution in [-0.2, 0) is 59.2 Å². The number of nitrogens with two attached hydrogens (primary N) is 5. The molecule has 1 aliphatic rings. The van der Waals surface area contributed by atoms with E-state index in [1.807, 2.05) is 0 Å². The Kier molecular flexibility index (Phi) is 34.5. The molecule has 12 atom stereocenters. The summed E-state index contributed by atoms with van der Waals surface area (Å²) in [6.07, 6.45) is 0.0313. The van der Waals surface area contributed by atoms with Crippen LogP contribution in [0, 0.1) is 5.92 Å². The number of hydrogen-bond donors (Lipinski definition) is 18. The highest BCUT2D eigenvalue weighted by molar-refractivity contribution is 5.99. The highest BCUT2D eigenvalue weighted by atomic mass is 16.3. The summed E-state index contributed by atoms with van der Waals surface area (Å²) >= 11 is 0. The highest BCUT2D eigenvalue weighted by Gasteiger charge is 2.37. The summed E-state index contributed by atoms with van der Waals surface area (Å²) in [5.41, 5.74) is 29.9. The lowest BCUT2D eigenvalue weighted by Gasteiger charge is -2.29. The molecule has 474 valence electrons. The summed E-state index contributed by atoms with van der Waals surface area (Å²) in [7, 11) is 0. The summed E-state index contributed by atoms with van der Waals surface area (Å²) in [5, 5.41) is 49.6. The molecule has 1 heterocycles. The van der Waals surface area contributed by atoms with Crippen molar-refractivity contribution in [2.75, 3.05) is 39.3 Å². The van der Waals surface area contributed by atoms with Gasteiger partial charge in [0, 0.05) is 19.4 Å². The minimum Gasteiger partial charge on any atom is -0.391 e. The lowest BCUT2D eigenvalue weighted by atomic mass is 10.00. The molecule has 1 fully saturated rings. The zero-order valence-corrected chi connectivity index (χ0v) is 49.3.